The molecule has 3 aromatic carbocycles. The summed E-state index contributed by atoms with van der Waals surface area (Å²) in [4.78, 5) is 41.9. The zero-order valence-corrected chi connectivity index (χ0v) is 31.5. The number of aromatic amines is 2. The van der Waals surface area contributed by atoms with Crippen molar-refractivity contribution in [2.24, 2.45) is 10.8 Å². The Hall–Kier alpha value is -4.86. The number of nitrogens with one attached hydrogen (secondary N) is 4. The van der Waals surface area contributed by atoms with Gasteiger partial charge in [0.25, 0.3) is 0 Å². The number of carbonyl (C=O) groups excluding carboxylic acids is 2. The van der Waals surface area contributed by atoms with Crippen LogP contribution in [0.1, 0.15) is 107 Å². The standard InChI is InChI=1S/C40H52N6O4/c1-37(2,3)31(45-35(47)49-39(7,8)9)33-41-27-19-17-25(21-29(27)43-33)23-13-15-24(16-14-23)26-18-20-28-30(22-26)44-34(42-28)32(38(4,5)6)46-36(48)50-40(10,11)12/h13-22,31-32H,1-12H3,(H,41,43)(H,42,44)(H,45,47)(H,46,48). The molecule has 0 bridgehead atoms. The molecule has 10 nitrogen and oxygen atoms in total. The molecule has 5 aromatic rings. The lowest BCUT2D eigenvalue weighted by Gasteiger charge is -2.31. The summed E-state index contributed by atoms with van der Waals surface area (Å²) in [5, 5.41) is 6.03. The number of nitrogens with zero attached hydrogens (tertiary/aromatic N) is 2. The highest BCUT2D eigenvalue weighted by atomic mass is 16.6. The largest absolute Gasteiger partial charge is 0.444 e. The van der Waals surface area contributed by atoms with E-state index in [1.165, 1.54) is 0 Å². The van der Waals surface area contributed by atoms with Gasteiger partial charge in [-0.2, -0.15) is 0 Å². The van der Waals surface area contributed by atoms with Crippen molar-refractivity contribution in [3.63, 3.8) is 0 Å². The highest BCUT2D eigenvalue weighted by Gasteiger charge is 2.33. The fourth-order valence-electron chi connectivity index (χ4n) is 5.79. The number of fused-ring (bicyclic) bond motifs is 2. The third-order valence-electron chi connectivity index (χ3n) is 8.15. The molecule has 266 valence electrons. The van der Waals surface area contributed by atoms with E-state index < -0.39 is 23.4 Å². The van der Waals surface area contributed by atoms with Crippen molar-refractivity contribution < 1.29 is 19.1 Å². The van der Waals surface area contributed by atoms with E-state index in [1.54, 1.807) is 0 Å². The van der Waals surface area contributed by atoms with E-state index in [0.717, 1.165) is 44.3 Å². The molecule has 0 fully saturated rings. The van der Waals surface area contributed by atoms with Gasteiger partial charge in [0.15, 0.2) is 0 Å². The third-order valence-corrected chi connectivity index (χ3v) is 8.15. The summed E-state index contributed by atoms with van der Waals surface area (Å²) < 4.78 is 11.1. The SMILES string of the molecule is CC(C)(C)OC(=O)NC(c1nc2ccc(-c3ccc(-c4ccc5nc(C(NC(=O)OC(C)(C)C)C(C)(C)C)[nH]c5c4)cc3)cc2[nH]1)C(C)(C)C. The van der Waals surface area contributed by atoms with Crippen LogP contribution in [0.2, 0.25) is 0 Å². The van der Waals surface area contributed by atoms with Crippen molar-refractivity contribution in [2.45, 2.75) is 106 Å². The van der Waals surface area contributed by atoms with Crippen LogP contribution < -0.4 is 10.6 Å². The molecule has 2 atom stereocenters. The number of aromatic nitrogens is 4. The molecule has 0 radical (unpaired) electrons. The minimum Gasteiger partial charge on any atom is -0.444 e. The smallest absolute Gasteiger partial charge is 0.408 e. The summed E-state index contributed by atoms with van der Waals surface area (Å²) in [6.07, 6.45) is -0.954. The first-order valence-electron chi connectivity index (χ1n) is 17.1. The van der Waals surface area contributed by atoms with E-state index in [0.29, 0.717) is 11.6 Å². The van der Waals surface area contributed by atoms with Crippen LogP contribution in [0.5, 0.6) is 0 Å². The Morgan fingerprint density at radius 3 is 1.16 bits per heavy atom. The Bertz CT molecular complexity index is 1850. The van der Waals surface area contributed by atoms with Crippen LogP contribution >= 0.6 is 0 Å². The third kappa shape index (κ3) is 8.83. The minimum atomic E-state index is -0.599. The first-order valence-corrected chi connectivity index (χ1v) is 17.1. The van der Waals surface area contributed by atoms with E-state index in [9.17, 15) is 9.59 Å². The fourth-order valence-corrected chi connectivity index (χ4v) is 5.79. The quantitative estimate of drug-likeness (QED) is 0.141. The van der Waals surface area contributed by atoms with Crippen molar-refractivity contribution in [2.75, 3.05) is 0 Å². The molecule has 0 aliphatic carbocycles. The number of alkyl carbamates (subject to hydrolysis) is 2. The zero-order chi connectivity index (χ0) is 36.8. The lowest BCUT2D eigenvalue weighted by Crippen LogP contribution is -2.40. The van der Waals surface area contributed by atoms with Crippen LogP contribution in [-0.4, -0.2) is 43.3 Å². The summed E-state index contributed by atoms with van der Waals surface area (Å²) in [5.74, 6) is 1.36. The van der Waals surface area contributed by atoms with Gasteiger partial charge in [-0.1, -0.05) is 77.9 Å². The molecule has 0 aliphatic heterocycles. The summed E-state index contributed by atoms with van der Waals surface area (Å²) in [5.41, 5.74) is 5.83. The molecule has 2 heterocycles. The highest BCUT2D eigenvalue weighted by molar-refractivity contribution is 5.85. The van der Waals surface area contributed by atoms with Gasteiger partial charge >= 0.3 is 12.2 Å². The number of hydrogen-bond donors (Lipinski definition) is 4. The predicted octanol–water partition coefficient (Wildman–Crippen LogP) is 10.00. The van der Waals surface area contributed by atoms with Gasteiger partial charge in [-0.15, -0.1) is 0 Å². The van der Waals surface area contributed by atoms with Gasteiger partial charge in [-0.25, -0.2) is 19.6 Å². The Morgan fingerprint density at radius 1 is 0.540 bits per heavy atom. The summed E-state index contributed by atoms with van der Waals surface area (Å²) in [6.45, 7) is 23.4. The molecule has 5 rings (SSSR count). The van der Waals surface area contributed by atoms with E-state index >= 15 is 0 Å². The first-order chi connectivity index (χ1) is 23.1. The number of amides is 2. The monoisotopic (exact) mass is 680 g/mol. The summed E-state index contributed by atoms with van der Waals surface area (Å²) in [7, 11) is 0. The molecule has 0 aliphatic rings. The van der Waals surface area contributed by atoms with Crippen molar-refractivity contribution >= 4 is 34.3 Å². The average Bonchev–Trinajstić information content (AvgIpc) is 3.59. The molecule has 0 saturated heterocycles. The van der Waals surface area contributed by atoms with Gasteiger partial charge in [0.2, 0.25) is 0 Å². The van der Waals surface area contributed by atoms with Crippen LogP contribution in [-0.2, 0) is 9.47 Å². The first kappa shape index (κ1) is 36.4. The Kier molecular flexibility index (Phi) is 9.55. The fraction of sp³-hybridized carbons (Fsp3) is 0.450. The molecule has 50 heavy (non-hydrogen) atoms. The number of ether oxygens (including phenoxy) is 2. The maximum atomic E-state index is 12.7. The second-order valence-electron chi connectivity index (χ2n) is 17.2. The van der Waals surface area contributed by atoms with E-state index in [-0.39, 0.29) is 22.9 Å². The van der Waals surface area contributed by atoms with Gasteiger partial charge in [-0.05, 0) is 98.9 Å². The maximum Gasteiger partial charge on any atom is 0.408 e. The Balaban J connectivity index is 1.37. The lowest BCUT2D eigenvalue weighted by molar-refractivity contribution is 0.0448. The van der Waals surface area contributed by atoms with Crippen molar-refractivity contribution in [1.82, 2.24) is 30.6 Å². The molecular weight excluding hydrogens is 628 g/mol. The van der Waals surface area contributed by atoms with Gasteiger partial charge in [-0.3, -0.25) is 0 Å². The van der Waals surface area contributed by atoms with Crippen LogP contribution in [0.4, 0.5) is 9.59 Å². The molecular formula is C40H52N6O4. The van der Waals surface area contributed by atoms with Crippen LogP contribution in [0.15, 0.2) is 60.7 Å². The number of hydrogen-bond acceptors (Lipinski definition) is 6. The highest BCUT2D eigenvalue weighted by Crippen LogP contribution is 2.36. The number of carbonyl (C=O) groups is 2. The second kappa shape index (κ2) is 13.1. The van der Waals surface area contributed by atoms with Gasteiger partial charge < -0.3 is 30.1 Å². The Morgan fingerprint density at radius 2 is 0.860 bits per heavy atom. The maximum absolute atomic E-state index is 12.7. The average molecular weight is 681 g/mol. The molecule has 2 unspecified atom stereocenters. The van der Waals surface area contributed by atoms with E-state index in [1.807, 2.05) is 53.7 Å². The van der Waals surface area contributed by atoms with Crippen molar-refractivity contribution in [1.29, 1.82) is 0 Å². The molecule has 4 N–H and O–H groups in total. The minimum absolute atomic E-state index is 0.310. The molecule has 0 spiro atoms. The second-order valence-corrected chi connectivity index (χ2v) is 17.2. The molecule has 0 saturated carbocycles. The number of rotatable bonds is 6. The molecule has 10 heteroatoms. The van der Waals surface area contributed by atoms with Crippen LogP contribution in [0, 0.1) is 10.8 Å². The van der Waals surface area contributed by atoms with Crippen molar-refractivity contribution in [3.05, 3.63) is 72.3 Å². The van der Waals surface area contributed by atoms with Gasteiger partial charge in [0, 0.05) is 0 Å². The zero-order valence-electron chi connectivity index (χ0n) is 31.5. The number of benzene rings is 3. The summed E-state index contributed by atoms with van der Waals surface area (Å²) >= 11 is 0. The van der Waals surface area contributed by atoms with Crippen molar-refractivity contribution in [3.8, 4) is 22.3 Å². The molecule has 2 aromatic heterocycles. The van der Waals surface area contributed by atoms with Gasteiger partial charge in [0.1, 0.15) is 22.9 Å². The predicted molar refractivity (Wildman–Crippen MR) is 200 cm³/mol. The van der Waals surface area contributed by atoms with Crippen LogP contribution in [0.3, 0.4) is 0 Å². The van der Waals surface area contributed by atoms with E-state index in [2.05, 4.69) is 111 Å². The Labute approximate surface area is 295 Å². The van der Waals surface area contributed by atoms with E-state index in [4.69, 9.17) is 19.4 Å². The topological polar surface area (TPSA) is 134 Å². The molecule has 2 amide bonds. The lowest BCUT2D eigenvalue weighted by atomic mass is 9.86. The van der Waals surface area contributed by atoms with Gasteiger partial charge in [0.05, 0.1) is 34.2 Å². The summed E-state index contributed by atoms with van der Waals surface area (Å²) in [6, 6.07) is 20.0. The van der Waals surface area contributed by atoms with Crippen LogP contribution in [0.25, 0.3) is 44.3 Å². The number of H-pyrrole nitrogens is 2. The number of imidazole rings is 2. The normalized spacial score (nSPS) is 14.0.